The molecule has 1 fully saturated rings. The number of hydrogen-bond donors (Lipinski definition) is 0. The minimum atomic E-state index is -0.380. The summed E-state index contributed by atoms with van der Waals surface area (Å²) in [6.07, 6.45) is 10.2. The lowest BCUT2D eigenvalue weighted by Gasteiger charge is -2.28. The number of benzene rings is 1. The molecule has 1 aromatic carbocycles. The molecule has 0 N–H and O–H groups in total. The smallest absolute Gasteiger partial charge is 0.118 e. The second kappa shape index (κ2) is 9.29. The van der Waals surface area contributed by atoms with Crippen molar-refractivity contribution in [3.05, 3.63) is 29.8 Å². The summed E-state index contributed by atoms with van der Waals surface area (Å²) in [5, 5.41) is 0. The molecule has 0 saturated carbocycles. The van der Waals surface area contributed by atoms with Gasteiger partial charge in [-0.25, -0.2) is 0 Å². The summed E-state index contributed by atoms with van der Waals surface area (Å²) in [5.74, 6) is 1.80. The molecule has 2 heteroatoms. The first-order chi connectivity index (χ1) is 10.3. The lowest BCUT2D eigenvalue weighted by Crippen LogP contribution is -2.20. The van der Waals surface area contributed by atoms with Crippen LogP contribution in [0.25, 0.3) is 0 Å². The lowest BCUT2D eigenvalue weighted by atomic mass is 9.93. The Morgan fingerprint density at radius 1 is 1.00 bits per heavy atom. The largest absolute Gasteiger partial charge is 0.497 e. The van der Waals surface area contributed by atoms with Crippen molar-refractivity contribution in [2.24, 2.45) is 0 Å². The van der Waals surface area contributed by atoms with Gasteiger partial charge in [-0.05, 0) is 36.5 Å². The van der Waals surface area contributed by atoms with Gasteiger partial charge in [0.05, 0.1) is 7.11 Å². The minimum Gasteiger partial charge on any atom is -0.497 e. The van der Waals surface area contributed by atoms with Gasteiger partial charge >= 0.3 is 0 Å². The molecule has 1 aromatic rings. The van der Waals surface area contributed by atoms with E-state index in [0.717, 1.165) is 11.7 Å². The van der Waals surface area contributed by atoms with Gasteiger partial charge in [-0.3, -0.25) is 0 Å². The van der Waals surface area contributed by atoms with Crippen LogP contribution in [0.15, 0.2) is 24.3 Å². The Hall–Kier alpha value is -0.763. The Bertz CT molecular complexity index is 379. The van der Waals surface area contributed by atoms with E-state index in [0.29, 0.717) is 0 Å². The van der Waals surface area contributed by atoms with Gasteiger partial charge in [0.1, 0.15) is 5.75 Å². The Kier molecular flexibility index (Phi) is 7.35. The molecule has 2 rings (SSSR count). The molecular formula is C19H32OSi. The standard InChI is InChI=1S/C19H32OSi/c1-3-4-5-6-7-14-21-15-12-18(13-16-21)17-8-10-19(20-2)11-9-17/h8-11,18,21H,3-7,12-16H2,1-2H3/t18-,21-. The van der Waals surface area contributed by atoms with Gasteiger partial charge in [0.15, 0.2) is 0 Å². The van der Waals surface area contributed by atoms with Crippen LogP contribution in [-0.2, 0) is 0 Å². The molecule has 1 heterocycles. The van der Waals surface area contributed by atoms with Crippen molar-refractivity contribution in [3.8, 4) is 5.75 Å². The highest BCUT2D eigenvalue weighted by molar-refractivity contribution is 6.59. The van der Waals surface area contributed by atoms with E-state index in [-0.39, 0.29) is 8.80 Å². The third-order valence-corrected chi connectivity index (χ3v) is 8.67. The van der Waals surface area contributed by atoms with Gasteiger partial charge in [0.2, 0.25) is 0 Å². The van der Waals surface area contributed by atoms with Crippen molar-refractivity contribution in [1.82, 2.24) is 0 Å². The van der Waals surface area contributed by atoms with Gasteiger partial charge in [-0.15, -0.1) is 0 Å². The monoisotopic (exact) mass is 304 g/mol. The Labute approximate surface area is 132 Å². The maximum absolute atomic E-state index is 5.25. The van der Waals surface area contributed by atoms with E-state index in [1.165, 1.54) is 50.5 Å². The lowest BCUT2D eigenvalue weighted by molar-refractivity contribution is 0.414. The number of methoxy groups -OCH3 is 1. The van der Waals surface area contributed by atoms with Crippen LogP contribution in [0.2, 0.25) is 18.1 Å². The minimum absolute atomic E-state index is 0.380. The number of ether oxygens (including phenoxy) is 1. The number of rotatable bonds is 8. The summed E-state index contributed by atoms with van der Waals surface area (Å²) in [7, 11) is 1.36. The zero-order valence-corrected chi connectivity index (χ0v) is 15.1. The highest BCUT2D eigenvalue weighted by Crippen LogP contribution is 2.35. The molecule has 0 bridgehead atoms. The topological polar surface area (TPSA) is 9.23 Å². The Morgan fingerprint density at radius 2 is 1.67 bits per heavy atom. The van der Waals surface area contributed by atoms with Crippen LogP contribution >= 0.6 is 0 Å². The van der Waals surface area contributed by atoms with Crippen molar-refractivity contribution in [1.29, 1.82) is 0 Å². The van der Waals surface area contributed by atoms with Crippen LogP contribution < -0.4 is 4.74 Å². The van der Waals surface area contributed by atoms with Gasteiger partial charge in [-0.1, -0.05) is 69.3 Å². The van der Waals surface area contributed by atoms with E-state index < -0.39 is 0 Å². The fraction of sp³-hybridized carbons (Fsp3) is 0.684. The predicted octanol–water partition coefficient (Wildman–Crippen LogP) is 5.77. The Balaban J connectivity index is 1.67. The second-order valence-corrected chi connectivity index (χ2v) is 10.2. The van der Waals surface area contributed by atoms with Gasteiger partial charge in [-0.2, -0.15) is 0 Å². The second-order valence-electron chi connectivity index (χ2n) is 6.69. The fourth-order valence-corrected chi connectivity index (χ4v) is 7.18. The van der Waals surface area contributed by atoms with E-state index in [1.807, 2.05) is 0 Å². The van der Waals surface area contributed by atoms with Gasteiger partial charge in [0.25, 0.3) is 0 Å². The molecule has 21 heavy (non-hydrogen) atoms. The molecule has 0 unspecified atom stereocenters. The summed E-state index contributed by atoms with van der Waals surface area (Å²) in [4.78, 5) is 0. The molecule has 1 saturated heterocycles. The number of hydrogen-bond acceptors (Lipinski definition) is 1. The van der Waals surface area contributed by atoms with Crippen LogP contribution in [0.4, 0.5) is 0 Å². The molecule has 0 aromatic heterocycles. The van der Waals surface area contributed by atoms with Crippen molar-refractivity contribution >= 4 is 8.80 Å². The van der Waals surface area contributed by atoms with Crippen LogP contribution in [0, 0.1) is 0 Å². The first-order valence-electron chi connectivity index (χ1n) is 8.97. The fourth-order valence-electron chi connectivity index (χ4n) is 3.70. The van der Waals surface area contributed by atoms with Crippen molar-refractivity contribution in [2.45, 2.75) is 75.9 Å². The van der Waals surface area contributed by atoms with Gasteiger partial charge < -0.3 is 4.74 Å². The van der Waals surface area contributed by atoms with Crippen LogP contribution in [0.3, 0.4) is 0 Å². The number of unbranched alkanes of at least 4 members (excludes halogenated alkanes) is 4. The Morgan fingerprint density at radius 3 is 2.29 bits per heavy atom. The quantitative estimate of drug-likeness (QED) is 0.437. The first-order valence-corrected chi connectivity index (χ1v) is 11.4. The van der Waals surface area contributed by atoms with E-state index in [2.05, 4.69) is 31.2 Å². The van der Waals surface area contributed by atoms with Crippen LogP contribution in [0.1, 0.15) is 63.4 Å². The zero-order valence-electron chi connectivity index (χ0n) is 13.9. The maximum Gasteiger partial charge on any atom is 0.118 e. The molecule has 0 atom stereocenters. The maximum atomic E-state index is 5.25. The van der Waals surface area contributed by atoms with E-state index in [1.54, 1.807) is 25.2 Å². The predicted molar refractivity (Wildman–Crippen MR) is 95.3 cm³/mol. The molecule has 0 aliphatic carbocycles. The average molecular weight is 305 g/mol. The molecule has 1 aliphatic heterocycles. The summed E-state index contributed by atoms with van der Waals surface area (Å²) >= 11 is 0. The zero-order chi connectivity index (χ0) is 14.9. The molecule has 1 nitrogen and oxygen atoms in total. The van der Waals surface area contributed by atoms with Crippen molar-refractivity contribution < 1.29 is 4.74 Å². The van der Waals surface area contributed by atoms with E-state index in [9.17, 15) is 0 Å². The summed E-state index contributed by atoms with van der Waals surface area (Å²) in [5.41, 5.74) is 1.53. The summed E-state index contributed by atoms with van der Waals surface area (Å²) in [6, 6.07) is 13.5. The molecule has 0 amide bonds. The molecule has 118 valence electrons. The van der Waals surface area contributed by atoms with Crippen molar-refractivity contribution in [3.63, 3.8) is 0 Å². The van der Waals surface area contributed by atoms with E-state index in [4.69, 9.17) is 4.74 Å². The summed E-state index contributed by atoms with van der Waals surface area (Å²) in [6.45, 7) is 2.30. The highest BCUT2D eigenvalue weighted by Gasteiger charge is 2.22. The van der Waals surface area contributed by atoms with Crippen molar-refractivity contribution in [2.75, 3.05) is 7.11 Å². The molecule has 0 spiro atoms. The molecule has 0 radical (unpaired) electrons. The van der Waals surface area contributed by atoms with Crippen LogP contribution in [0.5, 0.6) is 5.75 Å². The van der Waals surface area contributed by atoms with Gasteiger partial charge in [0, 0.05) is 8.80 Å². The first kappa shape index (κ1) is 16.6. The highest BCUT2D eigenvalue weighted by atomic mass is 28.3. The third kappa shape index (κ3) is 5.50. The SMILES string of the molecule is CCCCCCC[Si@H]1CC[C@H](c2ccc(OC)cc2)CC1. The normalized spacial score (nSPS) is 22.2. The molecular weight excluding hydrogens is 272 g/mol. The summed E-state index contributed by atoms with van der Waals surface area (Å²) < 4.78 is 5.25. The third-order valence-electron chi connectivity index (χ3n) is 5.15. The van der Waals surface area contributed by atoms with E-state index >= 15 is 0 Å². The van der Waals surface area contributed by atoms with Crippen LogP contribution in [-0.4, -0.2) is 15.9 Å². The average Bonchev–Trinajstić information content (AvgIpc) is 2.55. The molecule has 1 aliphatic rings.